The Morgan fingerprint density at radius 2 is 1.70 bits per heavy atom. The van der Waals surface area contributed by atoms with E-state index in [1.165, 1.54) is 6.92 Å². The van der Waals surface area contributed by atoms with Crippen molar-refractivity contribution in [3.05, 3.63) is 71.3 Å². The molecule has 0 spiro atoms. The minimum absolute atomic E-state index is 0.0164. The number of carbonyl (C=O) groups is 3. The molecule has 0 saturated heterocycles. The van der Waals surface area contributed by atoms with E-state index in [1.807, 2.05) is 42.5 Å². The van der Waals surface area contributed by atoms with Gasteiger partial charge in [-0.05, 0) is 17.5 Å². The van der Waals surface area contributed by atoms with Crippen LogP contribution in [0.2, 0.25) is 0 Å². The summed E-state index contributed by atoms with van der Waals surface area (Å²) in [5.74, 6) is -0.888. The minimum Gasteiger partial charge on any atom is -0.480 e. The third kappa shape index (κ3) is 7.00. The van der Waals surface area contributed by atoms with Crippen LogP contribution in [0.5, 0.6) is 0 Å². The van der Waals surface area contributed by atoms with Gasteiger partial charge in [0.25, 0.3) is 0 Å². The summed E-state index contributed by atoms with van der Waals surface area (Å²) in [5, 5.41) is 11.6. The normalized spacial score (nSPS) is 11.7. The fourth-order valence-corrected chi connectivity index (χ4v) is 3.49. The number of hydrogen-bond donors (Lipinski definition) is 2. The maximum atomic E-state index is 13.2. The van der Waals surface area contributed by atoms with Gasteiger partial charge in [-0.25, -0.2) is 0 Å². The molecule has 2 N–H and O–H groups in total. The lowest BCUT2D eigenvalue weighted by atomic mass is 9.90. The van der Waals surface area contributed by atoms with E-state index in [0.717, 1.165) is 22.9 Å². The van der Waals surface area contributed by atoms with Crippen LogP contribution in [-0.4, -0.2) is 34.3 Å². The van der Waals surface area contributed by atoms with Gasteiger partial charge in [-0.1, -0.05) is 66.4 Å². The summed E-state index contributed by atoms with van der Waals surface area (Å²) in [4.78, 5) is 35.3. The molecule has 0 fully saturated rings. The van der Waals surface area contributed by atoms with Crippen molar-refractivity contribution >= 4 is 28.6 Å². The van der Waals surface area contributed by atoms with Crippen LogP contribution in [0.15, 0.2) is 54.6 Å². The molecule has 0 aliphatic heterocycles. The number of Topliss-reactive ketones (excluding diaryl/α,β-unsaturated/α-hetero) is 1. The molecule has 2 aromatic carbocycles. The van der Waals surface area contributed by atoms with Crippen molar-refractivity contribution in [1.29, 1.82) is 0 Å². The van der Waals surface area contributed by atoms with Gasteiger partial charge in [0.2, 0.25) is 0 Å². The van der Waals surface area contributed by atoms with Crippen molar-refractivity contribution in [1.82, 2.24) is 5.32 Å². The standard InChI is InChI=1S/C21H23NO4S/c1-15(23)27-14-18(11-16-7-3-2-4-8-16)21(26)19-10-6-5-9-17(19)12-22-13-20(24)25/h2-10,18,22H,11-14H2,1H3,(H,24,25)/t18-/m1/s1. The molecule has 1 atom stereocenters. The highest BCUT2D eigenvalue weighted by Gasteiger charge is 2.23. The first-order valence-corrected chi connectivity index (χ1v) is 9.68. The van der Waals surface area contributed by atoms with Crippen LogP contribution in [0.1, 0.15) is 28.4 Å². The van der Waals surface area contributed by atoms with E-state index in [-0.39, 0.29) is 23.4 Å². The van der Waals surface area contributed by atoms with E-state index in [4.69, 9.17) is 5.11 Å². The molecule has 0 aliphatic rings. The summed E-state index contributed by atoms with van der Waals surface area (Å²) >= 11 is 1.16. The lowest BCUT2D eigenvalue weighted by Crippen LogP contribution is -2.25. The Morgan fingerprint density at radius 1 is 1.04 bits per heavy atom. The molecule has 0 saturated carbocycles. The number of ketones is 1. The fourth-order valence-electron chi connectivity index (χ4n) is 2.78. The Kier molecular flexibility index (Phi) is 8.23. The van der Waals surface area contributed by atoms with Crippen LogP contribution >= 0.6 is 11.8 Å². The van der Waals surface area contributed by atoms with E-state index in [1.54, 1.807) is 12.1 Å². The van der Waals surface area contributed by atoms with Crippen LogP contribution in [0.4, 0.5) is 0 Å². The smallest absolute Gasteiger partial charge is 0.317 e. The zero-order valence-electron chi connectivity index (χ0n) is 15.2. The van der Waals surface area contributed by atoms with Crippen molar-refractivity contribution in [2.45, 2.75) is 19.9 Å². The number of thioether (sulfide) groups is 1. The van der Waals surface area contributed by atoms with Gasteiger partial charge in [0.1, 0.15) is 0 Å². The summed E-state index contributed by atoms with van der Waals surface area (Å²) in [7, 11) is 0. The van der Waals surface area contributed by atoms with E-state index in [0.29, 0.717) is 24.3 Å². The molecule has 0 aromatic heterocycles. The molecule has 6 heteroatoms. The summed E-state index contributed by atoms with van der Waals surface area (Å²) in [6.07, 6.45) is 0.552. The van der Waals surface area contributed by atoms with Gasteiger partial charge in [0.05, 0.1) is 6.54 Å². The first-order valence-electron chi connectivity index (χ1n) is 8.69. The van der Waals surface area contributed by atoms with Crippen molar-refractivity contribution in [3.63, 3.8) is 0 Å². The zero-order valence-corrected chi connectivity index (χ0v) is 16.0. The first-order chi connectivity index (χ1) is 13.0. The van der Waals surface area contributed by atoms with E-state index in [9.17, 15) is 14.4 Å². The second kappa shape index (κ2) is 10.6. The summed E-state index contributed by atoms with van der Waals surface area (Å²) in [5.41, 5.74) is 2.37. The number of benzene rings is 2. The Hall–Kier alpha value is -2.44. The van der Waals surface area contributed by atoms with Crippen molar-refractivity contribution < 1.29 is 19.5 Å². The average Bonchev–Trinajstić information content (AvgIpc) is 2.65. The molecule has 0 aliphatic carbocycles. The van der Waals surface area contributed by atoms with Gasteiger partial charge >= 0.3 is 5.97 Å². The molecule has 5 nitrogen and oxygen atoms in total. The molecular formula is C21H23NO4S. The highest BCUT2D eigenvalue weighted by atomic mass is 32.2. The molecule has 27 heavy (non-hydrogen) atoms. The summed E-state index contributed by atoms with van der Waals surface area (Å²) in [6, 6.07) is 16.9. The molecule has 2 rings (SSSR count). The number of carboxylic acid groups (broad SMARTS) is 1. The number of carboxylic acids is 1. The van der Waals surface area contributed by atoms with E-state index in [2.05, 4.69) is 5.32 Å². The monoisotopic (exact) mass is 385 g/mol. The van der Waals surface area contributed by atoms with E-state index < -0.39 is 5.97 Å². The largest absolute Gasteiger partial charge is 0.480 e. The molecule has 142 valence electrons. The minimum atomic E-state index is -0.946. The van der Waals surface area contributed by atoms with Gasteiger partial charge in [-0.15, -0.1) is 0 Å². The third-order valence-corrected chi connectivity index (χ3v) is 5.03. The van der Waals surface area contributed by atoms with Crippen molar-refractivity contribution in [2.24, 2.45) is 5.92 Å². The van der Waals surface area contributed by atoms with Crippen molar-refractivity contribution in [2.75, 3.05) is 12.3 Å². The van der Waals surface area contributed by atoms with Crippen molar-refractivity contribution in [3.8, 4) is 0 Å². The highest BCUT2D eigenvalue weighted by molar-refractivity contribution is 8.13. The fraction of sp³-hybridized carbons (Fsp3) is 0.286. The van der Waals surface area contributed by atoms with Gasteiger partial charge in [-0.3, -0.25) is 14.4 Å². The topological polar surface area (TPSA) is 83.5 Å². The molecule has 0 amide bonds. The Labute approximate surface area is 163 Å². The SMILES string of the molecule is CC(=O)SC[C@@H](Cc1ccccc1)C(=O)c1ccccc1CNCC(=O)O. The van der Waals surface area contributed by atoms with Gasteiger partial charge < -0.3 is 10.4 Å². The van der Waals surface area contributed by atoms with Gasteiger partial charge in [-0.2, -0.15) is 0 Å². The lowest BCUT2D eigenvalue weighted by molar-refractivity contribution is -0.136. The van der Waals surface area contributed by atoms with Crippen LogP contribution in [0.3, 0.4) is 0 Å². The van der Waals surface area contributed by atoms with Crippen LogP contribution < -0.4 is 5.32 Å². The number of nitrogens with one attached hydrogen (secondary N) is 1. The van der Waals surface area contributed by atoms with Gasteiger partial charge in [0, 0.05) is 30.7 Å². The number of rotatable bonds is 10. The van der Waals surface area contributed by atoms with Crippen LogP contribution in [0, 0.1) is 5.92 Å². The Morgan fingerprint density at radius 3 is 2.37 bits per heavy atom. The molecule has 0 radical (unpaired) electrons. The molecular weight excluding hydrogens is 362 g/mol. The summed E-state index contributed by atoms with van der Waals surface area (Å²) in [6.45, 7) is 1.63. The lowest BCUT2D eigenvalue weighted by Gasteiger charge is -2.17. The number of carbonyl (C=O) groups excluding carboxylic acids is 2. The zero-order chi connectivity index (χ0) is 19.6. The predicted octanol–water partition coefficient (Wildman–Crippen LogP) is 3.18. The quantitative estimate of drug-likeness (QED) is 0.611. The number of hydrogen-bond acceptors (Lipinski definition) is 5. The molecule has 0 unspecified atom stereocenters. The maximum absolute atomic E-state index is 13.2. The third-order valence-electron chi connectivity index (χ3n) is 4.06. The Balaban J connectivity index is 2.20. The van der Waals surface area contributed by atoms with Crippen LogP contribution in [0.25, 0.3) is 0 Å². The Bertz CT molecular complexity index is 792. The maximum Gasteiger partial charge on any atom is 0.317 e. The predicted molar refractivity (Wildman–Crippen MR) is 107 cm³/mol. The van der Waals surface area contributed by atoms with E-state index >= 15 is 0 Å². The molecule has 0 bridgehead atoms. The first kappa shape index (κ1) is 20.9. The summed E-state index contributed by atoms with van der Waals surface area (Å²) < 4.78 is 0. The second-order valence-electron chi connectivity index (χ2n) is 6.21. The highest BCUT2D eigenvalue weighted by Crippen LogP contribution is 2.22. The average molecular weight is 385 g/mol. The van der Waals surface area contributed by atoms with Gasteiger partial charge in [0.15, 0.2) is 10.9 Å². The molecule has 2 aromatic rings. The van der Waals surface area contributed by atoms with Crippen LogP contribution in [-0.2, 0) is 22.6 Å². The number of aliphatic carboxylic acids is 1. The molecule has 0 heterocycles. The second-order valence-corrected chi connectivity index (χ2v) is 7.40.